The Morgan fingerprint density at radius 1 is 1.27 bits per heavy atom. The largest absolute Gasteiger partial charge is 0.134 e. The SMILES string of the molecule is Cc1ccc2c[c]sc2c1C. The molecule has 1 radical (unpaired) electrons. The summed E-state index contributed by atoms with van der Waals surface area (Å²) >= 11 is 1.70. The van der Waals surface area contributed by atoms with E-state index in [2.05, 4.69) is 31.4 Å². The molecule has 2 aromatic rings. The maximum atomic E-state index is 3.15. The zero-order chi connectivity index (χ0) is 7.84. The van der Waals surface area contributed by atoms with Crippen LogP contribution in [0.3, 0.4) is 0 Å². The molecule has 0 aliphatic carbocycles. The number of benzene rings is 1. The molecule has 0 saturated carbocycles. The molecule has 1 aromatic carbocycles. The van der Waals surface area contributed by atoms with E-state index >= 15 is 0 Å². The van der Waals surface area contributed by atoms with Crippen molar-refractivity contribution >= 4 is 21.4 Å². The highest BCUT2D eigenvalue weighted by atomic mass is 32.1. The van der Waals surface area contributed by atoms with Crippen molar-refractivity contribution in [3.8, 4) is 0 Å². The Kier molecular flexibility index (Phi) is 1.46. The van der Waals surface area contributed by atoms with Gasteiger partial charge < -0.3 is 0 Å². The molecule has 55 valence electrons. The first-order valence-electron chi connectivity index (χ1n) is 3.65. The normalized spacial score (nSPS) is 10.7. The quantitative estimate of drug-likeness (QED) is 0.556. The van der Waals surface area contributed by atoms with Crippen molar-refractivity contribution in [2.75, 3.05) is 0 Å². The van der Waals surface area contributed by atoms with Gasteiger partial charge in [-0.05, 0) is 36.4 Å². The lowest BCUT2D eigenvalue weighted by atomic mass is 10.1. The van der Waals surface area contributed by atoms with Crippen LogP contribution in [0.25, 0.3) is 10.1 Å². The number of rotatable bonds is 0. The Morgan fingerprint density at radius 3 is 2.91 bits per heavy atom. The first-order chi connectivity index (χ1) is 5.29. The molecular weight excluding hydrogens is 152 g/mol. The molecule has 1 aromatic heterocycles. The van der Waals surface area contributed by atoms with Crippen LogP contribution in [-0.2, 0) is 0 Å². The molecule has 0 bridgehead atoms. The van der Waals surface area contributed by atoms with E-state index in [0.717, 1.165) is 0 Å². The molecule has 2 rings (SSSR count). The van der Waals surface area contributed by atoms with Crippen molar-refractivity contribution in [3.05, 3.63) is 34.7 Å². The molecule has 0 aliphatic rings. The zero-order valence-corrected chi connectivity index (χ0v) is 7.46. The third-order valence-electron chi connectivity index (χ3n) is 2.08. The van der Waals surface area contributed by atoms with E-state index in [1.54, 1.807) is 11.3 Å². The van der Waals surface area contributed by atoms with Crippen molar-refractivity contribution in [1.82, 2.24) is 0 Å². The van der Waals surface area contributed by atoms with Crippen LogP contribution in [0.1, 0.15) is 11.1 Å². The Bertz CT molecular complexity index is 385. The predicted molar refractivity (Wildman–Crippen MR) is 50.1 cm³/mol. The van der Waals surface area contributed by atoms with Gasteiger partial charge >= 0.3 is 0 Å². The van der Waals surface area contributed by atoms with Crippen LogP contribution in [0.2, 0.25) is 0 Å². The van der Waals surface area contributed by atoms with Crippen LogP contribution < -0.4 is 0 Å². The van der Waals surface area contributed by atoms with Crippen LogP contribution in [0, 0.1) is 19.2 Å². The molecule has 0 amide bonds. The number of hydrogen-bond acceptors (Lipinski definition) is 1. The second-order valence-electron chi connectivity index (χ2n) is 2.79. The second kappa shape index (κ2) is 2.35. The lowest BCUT2D eigenvalue weighted by molar-refractivity contribution is 1.39. The van der Waals surface area contributed by atoms with Crippen molar-refractivity contribution in [3.63, 3.8) is 0 Å². The first-order valence-corrected chi connectivity index (χ1v) is 4.46. The fourth-order valence-corrected chi connectivity index (χ4v) is 2.07. The molecule has 0 atom stereocenters. The second-order valence-corrected chi connectivity index (χ2v) is 3.64. The van der Waals surface area contributed by atoms with Crippen LogP contribution in [-0.4, -0.2) is 0 Å². The van der Waals surface area contributed by atoms with Crippen molar-refractivity contribution in [1.29, 1.82) is 0 Å². The van der Waals surface area contributed by atoms with Crippen LogP contribution in [0.5, 0.6) is 0 Å². The van der Waals surface area contributed by atoms with Gasteiger partial charge in [0.25, 0.3) is 0 Å². The summed E-state index contributed by atoms with van der Waals surface area (Å²) in [5.41, 5.74) is 2.77. The summed E-state index contributed by atoms with van der Waals surface area (Å²) in [7, 11) is 0. The molecule has 0 saturated heterocycles. The van der Waals surface area contributed by atoms with Crippen LogP contribution in [0.15, 0.2) is 18.2 Å². The minimum atomic E-state index is 1.32. The van der Waals surface area contributed by atoms with E-state index in [4.69, 9.17) is 0 Å². The van der Waals surface area contributed by atoms with Crippen molar-refractivity contribution in [2.24, 2.45) is 0 Å². The summed E-state index contributed by atoms with van der Waals surface area (Å²) < 4.78 is 1.38. The number of aryl methyl sites for hydroxylation is 2. The van der Waals surface area contributed by atoms with Crippen LogP contribution in [0.4, 0.5) is 0 Å². The summed E-state index contributed by atoms with van der Waals surface area (Å²) in [5, 5.41) is 4.47. The molecule has 0 N–H and O–H groups in total. The van der Waals surface area contributed by atoms with Gasteiger partial charge in [-0.3, -0.25) is 0 Å². The first kappa shape index (κ1) is 6.86. The third kappa shape index (κ3) is 0.962. The highest BCUT2D eigenvalue weighted by Crippen LogP contribution is 2.25. The lowest BCUT2D eigenvalue weighted by Gasteiger charge is -1.99. The van der Waals surface area contributed by atoms with Gasteiger partial charge in [0.1, 0.15) is 0 Å². The highest BCUT2D eigenvalue weighted by Gasteiger charge is 1.99. The number of thiophene rings is 1. The van der Waals surface area contributed by atoms with E-state index in [-0.39, 0.29) is 0 Å². The van der Waals surface area contributed by atoms with E-state index in [1.165, 1.54) is 21.2 Å². The molecular formula is C10H9S. The number of fused-ring (bicyclic) bond motifs is 1. The monoisotopic (exact) mass is 161 g/mol. The summed E-state index contributed by atoms with van der Waals surface area (Å²) in [6.07, 6.45) is 0. The topological polar surface area (TPSA) is 0 Å². The zero-order valence-electron chi connectivity index (χ0n) is 6.64. The molecule has 0 fully saturated rings. The molecule has 1 heterocycles. The van der Waals surface area contributed by atoms with Gasteiger partial charge in [-0.1, -0.05) is 12.1 Å². The maximum Gasteiger partial charge on any atom is 0.0455 e. The summed E-state index contributed by atoms with van der Waals surface area (Å²) in [4.78, 5) is 0. The van der Waals surface area contributed by atoms with Gasteiger partial charge in [0.2, 0.25) is 0 Å². The maximum absolute atomic E-state index is 3.15. The minimum Gasteiger partial charge on any atom is -0.134 e. The Labute approximate surface area is 70.5 Å². The van der Waals surface area contributed by atoms with E-state index in [0.29, 0.717) is 0 Å². The summed E-state index contributed by atoms with van der Waals surface area (Å²) in [6.45, 7) is 4.32. The highest BCUT2D eigenvalue weighted by molar-refractivity contribution is 7.16. The Morgan fingerprint density at radius 2 is 2.09 bits per heavy atom. The van der Waals surface area contributed by atoms with Gasteiger partial charge in [0, 0.05) is 10.1 Å². The fraction of sp³-hybridized carbons (Fsp3) is 0.200. The average Bonchev–Trinajstić information content (AvgIpc) is 2.45. The predicted octanol–water partition coefficient (Wildman–Crippen LogP) is 3.32. The fourth-order valence-electron chi connectivity index (χ4n) is 1.21. The molecule has 0 nitrogen and oxygen atoms in total. The van der Waals surface area contributed by atoms with E-state index < -0.39 is 0 Å². The summed E-state index contributed by atoms with van der Waals surface area (Å²) in [6, 6.07) is 6.37. The standard InChI is InChI=1S/C10H9S/c1-7-3-4-9-5-6-11-10(9)8(7)2/h3-5H,1-2H3. The minimum absolute atomic E-state index is 1.32. The van der Waals surface area contributed by atoms with E-state index in [9.17, 15) is 0 Å². The third-order valence-corrected chi connectivity index (χ3v) is 3.06. The van der Waals surface area contributed by atoms with Crippen molar-refractivity contribution < 1.29 is 0 Å². The summed E-state index contributed by atoms with van der Waals surface area (Å²) in [5.74, 6) is 0. The van der Waals surface area contributed by atoms with Crippen LogP contribution >= 0.6 is 11.3 Å². The molecule has 0 aliphatic heterocycles. The Hall–Kier alpha value is -0.820. The molecule has 0 spiro atoms. The molecule has 11 heavy (non-hydrogen) atoms. The van der Waals surface area contributed by atoms with Gasteiger partial charge in [-0.15, -0.1) is 11.3 Å². The molecule has 0 unspecified atom stereocenters. The average molecular weight is 161 g/mol. The van der Waals surface area contributed by atoms with Gasteiger partial charge in [0.05, 0.1) is 0 Å². The molecule has 1 heteroatoms. The van der Waals surface area contributed by atoms with Gasteiger partial charge in [0.15, 0.2) is 0 Å². The van der Waals surface area contributed by atoms with E-state index in [1.807, 2.05) is 6.07 Å². The smallest absolute Gasteiger partial charge is 0.0455 e. The lowest BCUT2D eigenvalue weighted by Crippen LogP contribution is -1.77. The van der Waals surface area contributed by atoms with Crippen molar-refractivity contribution in [2.45, 2.75) is 13.8 Å². The number of hydrogen-bond donors (Lipinski definition) is 0. The van der Waals surface area contributed by atoms with Gasteiger partial charge in [-0.2, -0.15) is 0 Å². The Balaban J connectivity index is 2.93. The van der Waals surface area contributed by atoms with Gasteiger partial charge in [-0.25, -0.2) is 0 Å².